The molecule has 1 amide bonds. The largest absolute Gasteiger partial charge is 0.497 e. The van der Waals surface area contributed by atoms with Crippen molar-refractivity contribution in [2.75, 3.05) is 19.5 Å². The van der Waals surface area contributed by atoms with Crippen LogP contribution in [0.5, 0.6) is 11.5 Å². The Morgan fingerprint density at radius 2 is 2.00 bits per heavy atom. The molecular weight excluding hydrogens is 286 g/mol. The van der Waals surface area contributed by atoms with E-state index in [-0.39, 0.29) is 18.0 Å². The Morgan fingerprint density at radius 3 is 2.68 bits per heavy atom. The maximum absolute atomic E-state index is 12.1. The minimum Gasteiger partial charge on any atom is -0.497 e. The fourth-order valence-corrected chi connectivity index (χ4v) is 1.89. The van der Waals surface area contributed by atoms with Crippen LogP contribution in [0.4, 0.5) is 5.69 Å². The van der Waals surface area contributed by atoms with Crippen LogP contribution in [0.3, 0.4) is 0 Å². The van der Waals surface area contributed by atoms with Crippen molar-refractivity contribution in [3.8, 4) is 11.5 Å². The van der Waals surface area contributed by atoms with E-state index in [9.17, 15) is 9.59 Å². The van der Waals surface area contributed by atoms with Crippen molar-refractivity contribution < 1.29 is 14.3 Å². The Bertz CT molecular complexity index is 740. The highest BCUT2D eigenvalue weighted by Crippen LogP contribution is 2.28. The van der Waals surface area contributed by atoms with Crippen LogP contribution in [0.15, 0.2) is 35.1 Å². The molecule has 0 unspecified atom stereocenters. The zero-order valence-corrected chi connectivity index (χ0v) is 12.6. The number of ether oxygens (including phenoxy) is 2. The maximum Gasteiger partial charge on any atom is 0.267 e. The van der Waals surface area contributed by atoms with Crippen LogP contribution in [0.2, 0.25) is 0 Å². The summed E-state index contributed by atoms with van der Waals surface area (Å²) in [6, 6.07) is 8.01. The van der Waals surface area contributed by atoms with Gasteiger partial charge < -0.3 is 14.8 Å². The van der Waals surface area contributed by atoms with E-state index in [0.717, 1.165) is 4.68 Å². The number of aromatic nitrogens is 2. The Kier molecular flexibility index (Phi) is 4.77. The second kappa shape index (κ2) is 6.75. The smallest absolute Gasteiger partial charge is 0.267 e. The summed E-state index contributed by atoms with van der Waals surface area (Å²) in [6.45, 7) is 1.58. The summed E-state index contributed by atoms with van der Waals surface area (Å²) < 4.78 is 11.4. The zero-order chi connectivity index (χ0) is 16.1. The molecule has 0 aliphatic carbocycles. The van der Waals surface area contributed by atoms with Gasteiger partial charge in [0, 0.05) is 12.1 Å². The molecule has 0 radical (unpaired) electrons. The first-order valence-corrected chi connectivity index (χ1v) is 6.60. The van der Waals surface area contributed by atoms with Crippen LogP contribution >= 0.6 is 0 Å². The molecule has 0 atom stereocenters. The van der Waals surface area contributed by atoms with Gasteiger partial charge in [-0.3, -0.25) is 9.59 Å². The molecule has 116 valence electrons. The maximum atomic E-state index is 12.1. The second-order valence-corrected chi connectivity index (χ2v) is 4.58. The van der Waals surface area contributed by atoms with E-state index in [1.54, 1.807) is 38.3 Å². The second-order valence-electron chi connectivity index (χ2n) is 4.58. The number of nitrogens with one attached hydrogen (secondary N) is 1. The average Bonchev–Trinajstić information content (AvgIpc) is 2.51. The minimum absolute atomic E-state index is 0.171. The molecule has 0 saturated carbocycles. The molecule has 0 fully saturated rings. The summed E-state index contributed by atoms with van der Waals surface area (Å²) in [5.41, 5.74) is 0.825. The molecule has 1 heterocycles. The first-order valence-electron chi connectivity index (χ1n) is 6.60. The summed E-state index contributed by atoms with van der Waals surface area (Å²) in [6.07, 6.45) is 0. The quantitative estimate of drug-likeness (QED) is 0.897. The van der Waals surface area contributed by atoms with Crippen LogP contribution in [-0.2, 0) is 11.3 Å². The van der Waals surface area contributed by atoms with Gasteiger partial charge in [-0.2, -0.15) is 5.10 Å². The molecule has 22 heavy (non-hydrogen) atoms. The predicted octanol–water partition coefficient (Wildman–Crippen LogP) is 1.21. The van der Waals surface area contributed by atoms with Crippen molar-refractivity contribution >= 4 is 11.6 Å². The fraction of sp³-hybridized carbons (Fsp3) is 0.267. The lowest BCUT2D eigenvalue weighted by Gasteiger charge is -2.12. The predicted molar refractivity (Wildman–Crippen MR) is 81.4 cm³/mol. The molecular formula is C15H17N3O4. The van der Waals surface area contributed by atoms with Gasteiger partial charge in [0.05, 0.1) is 25.6 Å². The summed E-state index contributed by atoms with van der Waals surface area (Å²) in [4.78, 5) is 23.7. The van der Waals surface area contributed by atoms with Gasteiger partial charge in [0.1, 0.15) is 18.0 Å². The lowest BCUT2D eigenvalue weighted by atomic mass is 10.2. The molecule has 1 aromatic heterocycles. The van der Waals surface area contributed by atoms with E-state index in [0.29, 0.717) is 22.9 Å². The lowest BCUT2D eigenvalue weighted by molar-refractivity contribution is -0.117. The van der Waals surface area contributed by atoms with Gasteiger partial charge in [-0.25, -0.2) is 4.68 Å². The number of benzene rings is 1. The SMILES string of the molecule is COc1ccc(NC(=O)Cn2nc(C)ccc2=O)c(OC)c1. The molecule has 2 aromatic rings. The number of nitrogens with zero attached hydrogens (tertiary/aromatic N) is 2. The van der Waals surface area contributed by atoms with Gasteiger partial charge in [0.25, 0.3) is 5.56 Å². The number of hydrogen-bond acceptors (Lipinski definition) is 5. The molecule has 1 N–H and O–H groups in total. The highest BCUT2D eigenvalue weighted by molar-refractivity contribution is 5.92. The molecule has 0 spiro atoms. The van der Waals surface area contributed by atoms with Crippen molar-refractivity contribution in [1.82, 2.24) is 9.78 Å². The van der Waals surface area contributed by atoms with Crippen LogP contribution in [0.25, 0.3) is 0 Å². The van der Waals surface area contributed by atoms with E-state index >= 15 is 0 Å². The van der Waals surface area contributed by atoms with Gasteiger partial charge in [-0.1, -0.05) is 0 Å². The summed E-state index contributed by atoms with van der Waals surface area (Å²) >= 11 is 0. The van der Waals surface area contributed by atoms with Gasteiger partial charge in [-0.05, 0) is 25.1 Å². The van der Waals surface area contributed by atoms with Crippen molar-refractivity contribution in [2.24, 2.45) is 0 Å². The number of methoxy groups -OCH3 is 2. The van der Waals surface area contributed by atoms with E-state index < -0.39 is 0 Å². The van der Waals surface area contributed by atoms with Gasteiger partial charge in [0.15, 0.2) is 0 Å². The third-order valence-corrected chi connectivity index (χ3v) is 2.98. The lowest BCUT2D eigenvalue weighted by Crippen LogP contribution is -2.29. The number of rotatable bonds is 5. The molecule has 2 rings (SSSR count). The van der Waals surface area contributed by atoms with Gasteiger partial charge in [-0.15, -0.1) is 0 Å². The van der Waals surface area contributed by atoms with Crippen molar-refractivity contribution in [3.63, 3.8) is 0 Å². The molecule has 1 aromatic carbocycles. The Labute approximate surface area is 127 Å². The average molecular weight is 303 g/mol. The van der Waals surface area contributed by atoms with Crippen molar-refractivity contribution in [3.05, 3.63) is 46.4 Å². The van der Waals surface area contributed by atoms with Crippen LogP contribution < -0.4 is 20.3 Å². The molecule has 7 nitrogen and oxygen atoms in total. The van der Waals surface area contributed by atoms with Crippen molar-refractivity contribution in [2.45, 2.75) is 13.5 Å². The molecule has 0 aliphatic rings. The standard InChI is InChI=1S/C15H17N3O4/c1-10-4-7-15(20)18(17-10)9-14(19)16-12-6-5-11(21-2)8-13(12)22-3/h4-8H,9H2,1-3H3,(H,16,19). The molecule has 7 heteroatoms. The number of hydrogen-bond donors (Lipinski definition) is 1. The highest BCUT2D eigenvalue weighted by Gasteiger charge is 2.10. The number of anilines is 1. The van der Waals surface area contributed by atoms with E-state index in [1.807, 2.05) is 0 Å². The zero-order valence-electron chi connectivity index (χ0n) is 12.6. The van der Waals surface area contributed by atoms with Gasteiger partial charge in [0.2, 0.25) is 5.91 Å². The Morgan fingerprint density at radius 1 is 1.23 bits per heavy atom. The molecule has 0 aliphatic heterocycles. The summed E-state index contributed by atoms with van der Waals surface area (Å²) in [5.74, 6) is 0.715. The number of aryl methyl sites for hydroxylation is 1. The first-order chi connectivity index (χ1) is 10.5. The third-order valence-electron chi connectivity index (χ3n) is 2.98. The van der Waals surface area contributed by atoms with Crippen LogP contribution in [0, 0.1) is 6.92 Å². The summed E-state index contributed by atoms with van der Waals surface area (Å²) in [5, 5.41) is 6.71. The minimum atomic E-state index is -0.372. The van der Waals surface area contributed by atoms with Gasteiger partial charge >= 0.3 is 0 Å². The number of carbonyl (C=O) groups excluding carboxylic acids is 1. The van der Waals surface area contributed by atoms with Crippen molar-refractivity contribution in [1.29, 1.82) is 0 Å². The van der Waals surface area contributed by atoms with Crippen LogP contribution in [-0.4, -0.2) is 29.9 Å². The Balaban J connectivity index is 2.15. The fourth-order valence-electron chi connectivity index (χ4n) is 1.89. The third kappa shape index (κ3) is 3.63. The molecule has 0 saturated heterocycles. The van der Waals surface area contributed by atoms with E-state index in [4.69, 9.17) is 9.47 Å². The number of amides is 1. The highest BCUT2D eigenvalue weighted by atomic mass is 16.5. The van der Waals surface area contributed by atoms with Crippen LogP contribution in [0.1, 0.15) is 5.69 Å². The normalized spacial score (nSPS) is 10.1. The first kappa shape index (κ1) is 15.6. The Hall–Kier alpha value is -2.83. The topological polar surface area (TPSA) is 82.5 Å². The number of carbonyl (C=O) groups is 1. The molecule has 0 bridgehead atoms. The van der Waals surface area contributed by atoms with E-state index in [2.05, 4.69) is 10.4 Å². The monoisotopic (exact) mass is 303 g/mol. The summed E-state index contributed by atoms with van der Waals surface area (Å²) in [7, 11) is 3.04. The van der Waals surface area contributed by atoms with E-state index in [1.165, 1.54) is 13.2 Å².